The van der Waals surface area contributed by atoms with Crippen molar-refractivity contribution in [2.24, 2.45) is 5.92 Å². The van der Waals surface area contributed by atoms with Crippen LogP contribution in [-0.4, -0.2) is 73.7 Å². The number of carbonyl (C=O) groups excluding carboxylic acids is 1. The van der Waals surface area contributed by atoms with E-state index in [1.165, 1.54) is 36.1 Å². The van der Waals surface area contributed by atoms with Crippen molar-refractivity contribution in [1.29, 1.82) is 0 Å². The Balaban J connectivity index is 1.30. The van der Waals surface area contributed by atoms with Crippen molar-refractivity contribution in [3.8, 4) is 0 Å². The largest absolute Gasteiger partial charge is 0.340 e. The van der Waals surface area contributed by atoms with Crippen LogP contribution in [0.2, 0.25) is 5.02 Å². The highest BCUT2D eigenvalue weighted by atomic mass is 35.5. The molecule has 0 radical (unpaired) electrons. The average Bonchev–Trinajstić information content (AvgIpc) is 3.30. The van der Waals surface area contributed by atoms with Crippen LogP contribution in [-0.2, 0) is 14.8 Å². The van der Waals surface area contributed by atoms with Crippen molar-refractivity contribution < 1.29 is 17.6 Å². The van der Waals surface area contributed by atoms with Crippen LogP contribution in [0, 0.1) is 11.7 Å². The predicted octanol–water partition coefficient (Wildman–Crippen LogP) is 2.97. The number of carbonyl (C=O) groups is 1. The van der Waals surface area contributed by atoms with Crippen LogP contribution in [0.25, 0.3) is 0 Å². The van der Waals surface area contributed by atoms with Gasteiger partial charge in [-0.15, -0.1) is 0 Å². The van der Waals surface area contributed by atoms with E-state index in [2.05, 4.69) is 4.90 Å². The van der Waals surface area contributed by atoms with E-state index in [9.17, 15) is 17.6 Å². The van der Waals surface area contributed by atoms with Crippen molar-refractivity contribution in [3.05, 3.63) is 29.0 Å². The van der Waals surface area contributed by atoms with E-state index in [0.717, 1.165) is 38.3 Å². The lowest BCUT2D eigenvalue weighted by atomic mass is 9.96. The maximum absolute atomic E-state index is 13.4. The summed E-state index contributed by atoms with van der Waals surface area (Å²) in [5.41, 5.74) is 0. The first-order valence-corrected chi connectivity index (χ1v) is 12.7. The molecule has 0 unspecified atom stereocenters. The first-order chi connectivity index (χ1) is 14.4. The second-order valence-electron chi connectivity index (χ2n) is 8.55. The molecule has 166 valence electrons. The van der Waals surface area contributed by atoms with Crippen LogP contribution in [0.15, 0.2) is 23.1 Å². The fourth-order valence-electron chi connectivity index (χ4n) is 4.96. The number of rotatable bonds is 4. The molecule has 2 saturated heterocycles. The van der Waals surface area contributed by atoms with Crippen LogP contribution in [0.3, 0.4) is 0 Å². The van der Waals surface area contributed by atoms with Crippen molar-refractivity contribution >= 4 is 27.5 Å². The van der Waals surface area contributed by atoms with E-state index in [1.54, 1.807) is 0 Å². The molecular formula is C21H29ClFN3O3S. The van der Waals surface area contributed by atoms with E-state index in [0.29, 0.717) is 18.9 Å². The molecule has 2 aliphatic heterocycles. The summed E-state index contributed by atoms with van der Waals surface area (Å²) in [6.45, 7) is 3.99. The van der Waals surface area contributed by atoms with Crippen molar-refractivity contribution in [1.82, 2.24) is 14.1 Å². The molecule has 0 aromatic heterocycles. The van der Waals surface area contributed by atoms with Crippen LogP contribution in [0.4, 0.5) is 4.39 Å². The number of piperazine rings is 1. The summed E-state index contributed by atoms with van der Waals surface area (Å²) in [4.78, 5) is 17.4. The summed E-state index contributed by atoms with van der Waals surface area (Å²) in [7, 11) is -3.74. The maximum atomic E-state index is 13.4. The van der Waals surface area contributed by atoms with Gasteiger partial charge in [0.25, 0.3) is 0 Å². The molecule has 0 N–H and O–H groups in total. The molecule has 3 fully saturated rings. The molecular weight excluding hydrogens is 429 g/mol. The molecule has 9 heteroatoms. The Kier molecular flexibility index (Phi) is 6.67. The SMILES string of the molecule is O=C(C1CCN(S(=O)(=O)c2ccc(F)c(Cl)c2)CC1)N1CCN(C2CCCC2)CC1. The number of hydrogen-bond acceptors (Lipinski definition) is 4. The van der Waals surface area contributed by atoms with Gasteiger partial charge in [0.2, 0.25) is 15.9 Å². The summed E-state index contributed by atoms with van der Waals surface area (Å²) in [6.07, 6.45) is 6.21. The zero-order valence-electron chi connectivity index (χ0n) is 17.1. The van der Waals surface area contributed by atoms with Crippen LogP contribution < -0.4 is 0 Å². The predicted molar refractivity (Wildman–Crippen MR) is 113 cm³/mol. The first-order valence-electron chi connectivity index (χ1n) is 10.8. The topological polar surface area (TPSA) is 60.9 Å². The highest BCUT2D eigenvalue weighted by Crippen LogP contribution is 2.28. The van der Waals surface area contributed by atoms with Gasteiger partial charge >= 0.3 is 0 Å². The van der Waals surface area contributed by atoms with Gasteiger partial charge in [-0.3, -0.25) is 9.69 Å². The Bertz CT molecular complexity index is 875. The third kappa shape index (κ3) is 4.52. The zero-order valence-corrected chi connectivity index (χ0v) is 18.7. The second kappa shape index (κ2) is 9.10. The van der Waals surface area contributed by atoms with Gasteiger partial charge in [-0.1, -0.05) is 24.4 Å². The van der Waals surface area contributed by atoms with E-state index in [-0.39, 0.29) is 34.8 Å². The quantitative estimate of drug-likeness (QED) is 0.697. The van der Waals surface area contributed by atoms with E-state index >= 15 is 0 Å². The number of sulfonamides is 1. The number of benzene rings is 1. The minimum atomic E-state index is -3.74. The van der Waals surface area contributed by atoms with Gasteiger partial charge in [0.1, 0.15) is 5.82 Å². The van der Waals surface area contributed by atoms with E-state index < -0.39 is 15.8 Å². The average molecular weight is 458 g/mol. The highest BCUT2D eigenvalue weighted by molar-refractivity contribution is 7.89. The smallest absolute Gasteiger partial charge is 0.243 e. The van der Waals surface area contributed by atoms with Crippen LogP contribution in [0.5, 0.6) is 0 Å². The Morgan fingerprint density at radius 3 is 2.20 bits per heavy atom. The highest BCUT2D eigenvalue weighted by Gasteiger charge is 2.35. The molecule has 1 saturated carbocycles. The number of piperidine rings is 1. The third-order valence-corrected chi connectivity index (χ3v) is 8.98. The first kappa shape index (κ1) is 22.0. The van der Waals surface area contributed by atoms with Gasteiger partial charge in [0.15, 0.2) is 0 Å². The third-order valence-electron chi connectivity index (χ3n) is 6.80. The summed E-state index contributed by atoms with van der Waals surface area (Å²) < 4.78 is 40.4. The Morgan fingerprint density at radius 2 is 1.60 bits per heavy atom. The van der Waals surface area contributed by atoms with Gasteiger partial charge in [0.05, 0.1) is 9.92 Å². The van der Waals surface area contributed by atoms with E-state index in [1.807, 2.05) is 4.90 Å². The van der Waals surface area contributed by atoms with Gasteiger partial charge in [-0.2, -0.15) is 4.31 Å². The normalized spacial score (nSPS) is 23.2. The van der Waals surface area contributed by atoms with Gasteiger partial charge in [-0.25, -0.2) is 12.8 Å². The molecule has 4 rings (SSSR count). The molecule has 30 heavy (non-hydrogen) atoms. The molecule has 6 nitrogen and oxygen atoms in total. The van der Waals surface area contributed by atoms with Gasteiger partial charge in [-0.05, 0) is 43.9 Å². The Morgan fingerprint density at radius 1 is 0.967 bits per heavy atom. The maximum Gasteiger partial charge on any atom is 0.243 e. The minimum Gasteiger partial charge on any atom is -0.340 e. The van der Waals surface area contributed by atoms with Gasteiger partial charge < -0.3 is 4.90 Å². The summed E-state index contributed by atoms with van der Waals surface area (Å²) in [5, 5.41) is -0.210. The lowest BCUT2D eigenvalue weighted by Gasteiger charge is -2.40. The molecule has 1 aliphatic carbocycles. The van der Waals surface area contributed by atoms with Crippen molar-refractivity contribution in [2.45, 2.75) is 49.5 Å². The molecule has 1 amide bonds. The molecule has 2 heterocycles. The minimum absolute atomic E-state index is 0.0123. The number of hydrogen-bond donors (Lipinski definition) is 0. The van der Waals surface area contributed by atoms with Crippen LogP contribution in [0.1, 0.15) is 38.5 Å². The lowest BCUT2D eigenvalue weighted by Crippen LogP contribution is -2.53. The van der Waals surface area contributed by atoms with Crippen LogP contribution >= 0.6 is 11.6 Å². The number of nitrogens with zero attached hydrogens (tertiary/aromatic N) is 3. The summed E-state index contributed by atoms with van der Waals surface area (Å²) in [6, 6.07) is 4.14. The Hall–Kier alpha value is -1.22. The zero-order chi connectivity index (χ0) is 21.3. The number of halogens is 2. The van der Waals surface area contributed by atoms with Crippen molar-refractivity contribution in [3.63, 3.8) is 0 Å². The molecule has 0 spiro atoms. The summed E-state index contributed by atoms with van der Waals surface area (Å²) in [5.74, 6) is -0.623. The standard InChI is InChI=1S/C21H29ClFN3O3S/c22-19-15-18(5-6-20(19)23)30(28,29)26-9-7-16(8-10-26)21(27)25-13-11-24(12-14-25)17-3-1-2-4-17/h5-6,15-17H,1-4,7-14H2. The molecule has 3 aliphatic rings. The Labute approximate surface area is 183 Å². The lowest BCUT2D eigenvalue weighted by molar-refractivity contribution is -0.138. The van der Waals surface area contributed by atoms with Gasteiger partial charge in [0, 0.05) is 51.2 Å². The van der Waals surface area contributed by atoms with E-state index in [4.69, 9.17) is 11.6 Å². The fraction of sp³-hybridized carbons (Fsp3) is 0.667. The van der Waals surface area contributed by atoms with Crippen molar-refractivity contribution in [2.75, 3.05) is 39.3 Å². The molecule has 0 atom stereocenters. The number of amides is 1. The molecule has 1 aromatic carbocycles. The molecule has 0 bridgehead atoms. The fourth-order valence-corrected chi connectivity index (χ4v) is 6.71. The monoisotopic (exact) mass is 457 g/mol. The molecule has 1 aromatic rings. The second-order valence-corrected chi connectivity index (χ2v) is 10.9. The summed E-state index contributed by atoms with van der Waals surface area (Å²) >= 11 is 5.75.